The maximum atomic E-state index is 5.87. The molecule has 0 amide bonds. The number of aromatic nitrogens is 2. The van der Waals surface area contributed by atoms with E-state index in [0.29, 0.717) is 22.8 Å². The Morgan fingerprint density at radius 1 is 1.42 bits per heavy atom. The predicted molar refractivity (Wildman–Crippen MR) is 80.3 cm³/mol. The van der Waals surface area contributed by atoms with E-state index >= 15 is 0 Å². The highest BCUT2D eigenvalue weighted by Crippen LogP contribution is 2.43. The minimum absolute atomic E-state index is 0.237. The van der Waals surface area contributed by atoms with Gasteiger partial charge in [0.25, 0.3) is 0 Å². The van der Waals surface area contributed by atoms with Crippen LogP contribution in [0.1, 0.15) is 46.0 Å². The van der Waals surface area contributed by atoms with E-state index in [1.54, 1.807) is 6.20 Å². The Bertz CT molecular complexity index is 427. The lowest BCUT2D eigenvalue weighted by molar-refractivity contribution is 0.252. The molecule has 1 aliphatic carbocycles. The van der Waals surface area contributed by atoms with E-state index in [-0.39, 0.29) is 5.28 Å². The van der Waals surface area contributed by atoms with E-state index in [2.05, 4.69) is 29.1 Å². The maximum Gasteiger partial charge on any atom is 0.224 e. The first-order valence-corrected chi connectivity index (χ1v) is 7.40. The smallest absolute Gasteiger partial charge is 0.224 e. The molecule has 5 heteroatoms. The Kier molecular flexibility index (Phi) is 4.50. The molecule has 1 aliphatic rings. The molecule has 2 rings (SSSR count). The van der Waals surface area contributed by atoms with Gasteiger partial charge in [-0.25, -0.2) is 4.98 Å². The first-order valence-electron chi connectivity index (χ1n) is 7.03. The second-order valence-corrected chi connectivity index (χ2v) is 6.44. The molecule has 0 unspecified atom stereocenters. The average molecular weight is 283 g/mol. The lowest BCUT2D eigenvalue weighted by Crippen LogP contribution is -2.29. The van der Waals surface area contributed by atoms with Crippen LogP contribution in [0.15, 0.2) is 6.20 Å². The molecule has 1 saturated carbocycles. The van der Waals surface area contributed by atoms with Gasteiger partial charge >= 0.3 is 0 Å². The number of rotatable bonds is 5. The molecule has 1 aromatic heterocycles. The van der Waals surface area contributed by atoms with Gasteiger partial charge in [0, 0.05) is 6.54 Å². The molecular weight excluding hydrogens is 260 g/mol. The summed E-state index contributed by atoms with van der Waals surface area (Å²) in [6.07, 6.45) is 8.04. The van der Waals surface area contributed by atoms with Gasteiger partial charge in [-0.1, -0.05) is 26.7 Å². The van der Waals surface area contributed by atoms with Gasteiger partial charge in [-0.05, 0) is 42.2 Å². The Balaban J connectivity index is 2.04. The largest absolute Gasteiger partial charge is 0.394 e. The summed E-state index contributed by atoms with van der Waals surface area (Å²) in [5, 5.41) is 3.62. The van der Waals surface area contributed by atoms with Crippen molar-refractivity contribution < 1.29 is 0 Å². The van der Waals surface area contributed by atoms with Crippen molar-refractivity contribution in [1.29, 1.82) is 0 Å². The Morgan fingerprint density at radius 3 is 2.74 bits per heavy atom. The van der Waals surface area contributed by atoms with E-state index in [0.717, 1.165) is 6.54 Å². The molecule has 19 heavy (non-hydrogen) atoms. The zero-order valence-electron chi connectivity index (χ0n) is 11.7. The summed E-state index contributed by atoms with van der Waals surface area (Å²) >= 11 is 5.81. The van der Waals surface area contributed by atoms with E-state index in [9.17, 15) is 0 Å². The van der Waals surface area contributed by atoms with Crippen LogP contribution in [-0.4, -0.2) is 16.5 Å². The quantitative estimate of drug-likeness (QED) is 0.808. The fraction of sp³-hybridized carbons (Fsp3) is 0.714. The predicted octanol–water partition coefficient (Wildman–Crippen LogP) is 3.73. The molecular formula is C14H23ClN4. The van der Waals surface area contributed by atoms with Gasteiger partial charge < -0.3 is 11.1 Å². The monoisotopic (exact) mass is 282 g/mol. The van der Waals surface area contributed by atoms with Crippen LogP contribution in [0.5, 0.6) is 0 Å². The Morgan fingerprint density at radius 2 is 2.11 bits per heavy atom. The summed E-state index contributed by atoms with van der Waals surface area (Å²) in [5.74, 6) is 1.38. The molecule has 3 N–H and O–H groups in total. The summed E-state index contributed by atoms with van der Waals surface area (Å²) in [5.41, 5.74) is 6.82. The highest BCUT2D eigenvalue weighted by Gasteiger charge is 2.34. The van der Waals surface area contributed by atoms with Crippen molar-refractivity contribution in [2.45, 2.75) is 46.0 Å². The average Bonchev–Trinajstić information content (AvgIpc) is 2.78. The van der Waals surface area contributed by atoms with Crippen LogP contribution in [0.25, 0.3) is 0 Å². The highest BCUT2D eigenvalue weighted by molar-refractivity contribution is 6.28. The van der Waals surface area contributed by atoms with E-state index in [1.165, 1.54) is 32.1 Å². The molecule has 0 aliphatic heterocycles. The molecule has 1 heterocycles. The van der Waals surface area contributed by atoms with Crippen molar-refractivity contribution in [2.75, 3.05) is 17.6 Å². The fourth-order valence-corrected chi connectivity index (χ4v) is 3.36. The molecule has 0 radical (unpaired) electrons. The molecule has 0 atom stereocenters. The topological polar surface area (TPSA) is 63.8 Å². The van der Waals surface area contributed by atoms with Crippen LogP contribution < -0.4 is 11.1 Å². The first-order chi connectivity index (χ1) is 9.01. The molecule has 106 valence electrons. The van der Waals surface area contributed by atoms with Crippen molar-refractivity contribution in [3.63, 3.8) is 0 Å². The molecule has 0 spiro atoms. The van der Waals surface area contributed by atoms with Crippen LogP contribution in [0, 0.1) is 11.3 Å². The lowest BCUT2D eigenvalue weighted by atomic mass is 9.78. The molecule has 1 fully saturated rings. The zero-order valence-corrected chi connectivity index (χ0v) is 12.5. The third-order valence-corrected chi connectivity index (χ3v) is 4.11. The second kappa shape index (κ2) is 5.95. The number of nitrogens with one attached hydrogen (secondary N) is 1. The van der Waals surface area contributed by atoms with Crippen LogP contribution in [-0.2, 0) is 0 Å². The fourth-order valence-electron chi connectivity index (χ4n) is 3.23. The Labute approximate surface area is 120 Å². The number of nitrogens with zero attached hydrogens (tertiary/aromatic N) is 2. The number of halogens is 1. The molecule has 0 bridgehead atoms. The van der Waals surface area contributed by atoms with Gasteiger partial charge in [-0.3, -0.25) is 0 Å². The summed E-state index contributed by atoms with van der Waals surface area (Å²) in [4.78, 5) is 8.04. The number of hydrogen-bond donors (Lipinski definition) is 2. The number of hydrogen-bond acceptors (Lipinski definition) is 4. The van der Waals surface area contributed by atoms with Gasteiger partial charge in [0.05, 0.1) is 11.9 Å². The Hall–Kier alpha value is -1.03. The van der Waals surface area contributed by atoms with E-state index < -0.39 is 0 Å². The SMILES string of the molecule is CC(C)CC1(CNc2nc(Cl)ncc2N)CCCC1. The number of nitrogens with two attached hydrogens (primary N) is 1. The van der Waals surface area contributed by atoms with Crippen molar-refractivity contribution in [2.24, 2.45) is 11.3 Å². The van der Waals surface area contributed by atoms with Crippen molar-refractivity contribution in [3.05, 3.63) is 11.5 Å². The summed E-state index contributed by atoms with van der Waals surface area (Å²) in [7, 11) is 0. The number of nitrogen functional groups attached to an aromatic ring is 1. The van der Waals surface area contributed by atoms with Crippen molar-refractivity contribution in [3.8, 4) is 0 Å². The normalized spacial score (nSPS) is 17.9. The third kappa shape index (κ3) is 3.72. The lowest BCUT2D eigenvalue weighted by Gasteiger charge is -2.31. The zero-order chi connectivity index (χ0) is 13.9. The molecule has 1 aromatic rings. The standard InChI is InChI=1S/C14H23ClN4/c1-10(2)7-14(5-3-4-6-14)9-18-12-11(16)8-17-13(15)19-12/h8,10H,3-7,9,16H2,1-2H3,(H,17,18,19). The van der Waals surface area contributed by atoms with Crippen molar-refractivity contribution >= 4 is 23.1 Å². The highest BCUT2D eigenvalue weighted by atomic mass is 35.5. The minimum atomic E-state index is 0.237. The third-order valence-electron chi connectivity index (χ3n) is 3.92. The van der Waals surface area contributed by atoms with Gasteiger partial charge in [-0.2, -0.15) is 4.98 Å². The first kappa shape index (κ1) is 14.4. The molecule has 0 saturated heterocycles. The van der Waals surface area contributed by atoms with Gasteiger partial charge in [-0.15, -0.1) is 0 Å². The summed E-state index contributed by atoms with van der Waals surface area (Å²) in [6, 6.07) is 0. The molecule has 4 nitrogen and oxygen atoms in total. The maximum absolute atomic E-state index is 5.87. The van der Waals surface area contributed by atoms with Gasteiger partial charge in [0.2, 0.25) is 5.28 Å². The van der Waals surface area contributed by atoms with Gasteiger partial charge in [0.1, 0.15) is 0 Å². The van der Waals surface area contributed by atoms with Crippen molar-refractivity contribution in [1.82, 2.24) is 9.97 Å². The van der Waals surface area contributed by atoms with Crippen LogP contribution in [0.4, 0.5) is 11.5 Å². The summed E-state index contributed by atoms with van der Waals surface area (Å²) in [6.45, 7) is 5.49. The van der Waals surface area contributed by atoms with E-state index in [4.69, 9.17) is 17.3 Å². The second-order valence-electron chi connectivity index (χ2n) is 6.10. The van der Waals surface area contributed by atoms with E-state index in [1.807, 2.05) is 0 Å². The van der Waals surface area contributed by atoms with Crippen LogP contribution in [0.2, 0.25) is 5.28 Å². The minimum Gasteiger partial charge on any atom is -0.394 e. The number of anilines is 2. The van der Waals surface area contributed by atoms with Crippen LogP contribution >= 0.6 is 11.6 Å². The van der Waals surface area contributed by atoms with Crippen LogP contribution in [0.3, 0.4) is 0 Å². The molecule has 0 aromatic carbocycles. The summed E-state index contributed by atoms with van der Waals surface area (Å²) < 4.78 is 0. The van der Waals surface area contributed by atoms with Gasteiger partial charge in [0.15, 0.2) is 5.82 Å².